The minimum atomic E-state index is -0.780. The van der Waals surface area contributed by atoms with Crippen molar-refractivity contribution in [2.75, 3.05) is 0 Å². The van der Waals surface area contributed by atoms with E-state index in [2.05, 4.69) is 0 Å². The van der Waals surface area contributed by atoms with E-state index in [0.717, 1.165) is 0 Å². The Morgan fingerprint density at radius 2 is 2.38 bits per heavy atom. The lowest BCUT2D eigenvalue weighted by Crippen LogP contribution is -1.98. The Morgan fingerprint density at radius 1 is 1.88 bits per heavy atom. The fraction of sp³-hybridized carbons (Fsp3) is 0.800. The van der Waals surface area contributed by atoms with Crippen LogP contribution in [0.1, 0.15) is 19.8 Å². The van der Waals surface area contributed by atoms with Gasteiger partial charge in [-0.2, -0.15) is 0 Å². The molecule has 0 spiro atoms. The first kappa shape index (κ1) is 7.76. The molecule has 0 saturated heterocycles. The van der Waals surface area contributed by atoms with Crippen LogP contribution >= 0.6 is 11.6 Å². The first-order valence-corrected chi connectivity index (χ1v) is 2.92. The molecular weight excluding hydrogens is 128 g/mol. The number of carboxylic acids is 1. The molecule has 0 rings (SSSR count). The van der Waals surface area contributed by atoms with Crippen molar-refractivity contribution in [3.05, 3.63) is 0 Å². The van der Waals surface area contributed by atoms with Gasteiger partial charge >= 0.3 is 5.97 Å². The number of halogens is 1. The van der Waals surface area contributed by atoms with Crippen molar-refractivity contribution in [2.45, 2.75) is 25.1 Å². The first-order chi connectivity index (χ1) is 3.63. The van der Waals surface area contributed by atoms with Gasteiger partial charge in [-0.1, -0.05) is 0 Å². The number of rotatable bonds is 3. The molecule has 0 radical (unpaired) electrons. The zero-order valence-electron chi connectivity index (χ0n) is 4.72. The molecule has 1 atom stereocenters. The molecule has 0 aliphatic heterocycles. The maximum Gasteiger partial charge on any atom is 0.303 e. The van der Waals surface area contributed by atoms with Gasteiger partial charge in [0.15, 0.2) is 0 Å². The Kier molecular flexibility index (Phi) is 3.61. The number of hydrogen-bond acceptors (Lipinski definition) is 1. The average molecular weight is 137 g/mol. The molecule has 0 aliphatic carbocycles. The lowest BCUT2D eigenvalue weighted by molar-refractivity contribution is -0.137. The van der Waals surface area contributed by atoms with Crippen LogP contribution in [0.4, 0.5) is 0 Å². The van der Waals surface area contributed by atoms with Crippen molar-refractivity contribution in [1.29, 1.82) is 0 Å². The molecule has 0 heterocycles. The van der Waals surface area contributed by atoms with Crippen molar-refractivity contribution in [3.8, 4) is 0 Å². The quantitative estimate of drug-likeness (QED) is 0.597. The van der Waals surface area contributed by atoms with Crippen LogP contribution in [-0.2, 0) is 4.79 Å². The van der Waals surface area contributed by atoms with Gasteiger partial charge in [-0.3, -0.25) is 4.79 Å². The Balaban J connectivity index is 3.05. The van der Waals surface area contributed by atoms with Crippen molar-refractivity contribution < 1.29 is 9.90 Å². The Bertz CT molecular complexity index is 80.5. The summed E-state index contributed by atoms with van der Waals surface area (Å²) in [7, 11) is 0. The fourth-order valence-corrected chi connectivity index (χ4v) is 0.431. The summed E-state index contributed by atoms with van der Waals surface area (Å²) in [5, 5.41) is 8.08. The van der Waals surface area contributed by atoms with Crippen molar-refractivity contribution >= 4 is 17.6 Å². The summed E-state index contributed by atoms with van der Waals surface area (Å²) < 4.78 is 0. The van der Waals surface area contributed by atoms with Crippen molar-refractivity contribution in [1.82, 2.24) is 0 Å². The molecule has 3 heteroatoms. The lowest BCUT2D eigenvalue weighted by Gasteiger charge is -1.95. The molecule has 0 aromatic carbocycles. The molecule has 0 aromatic rings. The molecule has 48 valence electrons. The predicted octanol–water partition coefficient (Wildman–Crippen LogP) is 1.48. The number of alkyl halides is 1. The van der Waals surface area contributed by atoms with Crippen LogP contribution in [0.2, 0.25) is 0 Å². The second-order valence-electron chi connectivity index (χ2n) is 1.71. The Labute approximate surface area is 53.5 Å². The van der Waals surface area contributed by atoms with E-state index in [9.17, 15) is 4.79 Å². The van der Waals surface area contributed by atoms with Crippen LogP contribution in [0.5, 0.6) is 0 Å². The second-order valence-corrected chi connectivity index (χ2v) is 2.46. The van der Waals surface area contributed by atoms with Crippen molar-refractivity contribution in [3.63, 3.8) is 0 Å². The van der Waals surface area contributed by atoms with Crippen LogP contribution in [0.3, 0.4) is 0 Å². The molecule has 8 heavy (non-hydrogen) atoms. The summed E-state index contributed by atoms with van der Waals surface area (Å²) in [5.74, 6) is -0.780. The summed E-state index contributed by atoms with van der Waals surface area (Å²) in [5.41, 5.74) is 0. The van der Waals surface area contributed by atoms with E-state index in [-0.39, 0.29) is 11.8 Å². The van der Waals surface area contributed by atoms with E-state index < -0.39 is 5.97 Å². The topological polar surface area (TPSA) is 37.3 Å². The number of carbonyl (C=O) groups is 1. The first-order valence-electron chi connectivity index (χ1n) is 2.49. The highest BCUT2D eigenvalue weighted by atomic mass is 35.5. The van der Waals surface area contributed by atoms with Crippen LogP contribution in [-0.4, -0.2) is 16.5 Å². The van der Waals surface area contributed by atoms with Gasteiger partial charge in [-0.25, -0.2) is 0 Å². The zero-order chi connectivity index (χ0) is 6.57. The molecule has 0 aliphatic rings. The maximum absolute atomic E-state index is 9.85. The predicted molar refractivity (Wildman–Crippen MR) is 32.2 cm³/mol. The monoisotopic (exact) mass is 136 g/mol. The molecular formula is C5H9ClO2. The SMILES string of the molecule is C[C@H](Cl)CCC(=O)O. The average Bonchev–Trinajstić information content (AvgIpc) is 1.61. The summed E-state index contributed by atoms with van der Waals surface area (Å²) in [6, 6.07) is 0. The van der Waals surface area contributed by atoms with Gasteiger partial charge in [0.2, 0.25) is 0 Å². The van der Waals surface area contributed by atoms with Gasteiger partial charge in [0.1, 0.15) is 0 Å². The molecule has 2 nitrogen and oxygen atoms in total. The van der Waals surface area contributed by atoms with E-state index in [1.54, 1.807) is 6.92 Å². The van der Waals surface area contributed by atoms with Gasteiger partial charge in [-0.15, -0.1) is 11.6 Å². The lowest BCUT2D eigenvalue weighted by atomic mass is 10.2. The number of carboxylic acid groups (broad SMARTS) is 1. The zero-order valence-corrected chi connectivity index (χ0v) is 5.48. The molecule has 0 aromatic heterocycles. The normalized spacial score (nSPS) is 13.2. The van der Waals surface area contributed by atoms with E-state index in [4.69, 9.17) is 16.7 Å². The molecule has 0 unspecified atom stereocenters. The van der Waals surface area contributed by atoms with Crippen LogP contribution in [0.25, 0.3) is 0 Å². The number of aliphatic carboxylic acids is 1. The molecule has 0 amide bonds. The third-order valence-electron chi connectivity index (χ3n) is 0.756. The fourth-order valence-electron chi connectivity index (χ4n) is 0.322. The van der Waals surface area contributed by atoms with Crippen LogP contribution in [0.15, 0.2) is 0 Å². The van der Waals surface area contributed by atoms with E-state index in [0.29, 0.717) is 6.42 Å². The van der Waals surface area contributed by atoms with Gasteiger partial charge in [-0.05, 0) is 13.3 Å². The minimum Gasteiger partial charge on any atom is -0.481 e. The largest absolute Gasteiger partial charge is 0.481 e. The molecule has 0 saturated carbocycles. The van der Waals surface area contributed by atoms with E-state index in [1.165, 1.54) is 0 Å². The highest BCUT2D eigenvalue weighted by Crippen LogP contribution is 2.02. The summed E-state index contributed by atoms with van der Waals surface area (Å²) in [6.07, 6.45) is 0.724. The molecule has 0 bridgehead atoms. The third-order valence-corrected chi connectivity index (χ3v) is 0.974. The Hall–Kier alpha value is -0.240. The van der Waals surface area contributed by atoms with Crippen LogP contribution < -0.4 is 0 Å². The smallest absolute Gasteiger partial charge is 0.303 e. The summed E-state index contributed by atoms with van der Waals surface area (Å²) in [6.45, 7) is 1.78. The van der Waals surface area contributed by atoms with Crippen LogP contribution in [0, 0.1) is 0 Å². The van der Waals surface area contributed by atoms with Gasteiger partial charge in [0, 0.05) is 11.8 Å². The minimum absolute atomic E-state index is 0.0221. The summed E-state index contributed by atoms with van der Waals surface area (Å²) in [4.78, 5) is 9.85. The summed E-state index contributed by atoms with van der Waals surface area (Å²) >= 11 is 5.46. The third kappa shape index (κ3) is 5.76. The second kappa shape index (κ2) is 3.72. The van der Waals surface area contributed by atoms with Gasteiger partial charge in [0.25, 0.3) is 0 Å². The highest BCUT2D eigenvalue weighted by molar-refractivity contribution is 6.20. The molecule has 0 fully saturated rings. The highest BCUT2D eigenvalue weighted by Gasteiger charge is 1.99. The van der Waals surface area contributed by atoms with Crippen molar-refractivity contribution in [2.24, 2.45) is 0 Å². The standard InChI is InChI=1S/C5H9ClO2/c1-4(6)2-3-5(7)8/h4H,2-3H2,1H3,(H,7,8)/t4-/m0/s1. The Morgan fingerprint density at radius 3 is 2.50 bits per heavy atom. The van der Waals surface area contributed by atoms with Gasteiger partial charge in [0.05, 0.1) is 0 Å². The van der Waals surface area contributed by atoms with Gasteiger partial charge < -0.3 is 5.11 Å². The van der Waals surface area contributed by atoms with E-state index in [1.807, 2.05) is 0 Å². The van der Waals surface area contributed by atoms with E-state index >= 15 is 0 Å². The molecule has 1 N–H and O–H groups in total. The number of hydrogen-bond donors (Lipinski definition) is 1. The maximum atomic E-state index is 9.85.